The highest BCUT2D eigenvalue weighted by molar-refractivity contribution is 5.94. The molecule has 98 valence electrons. The quantitative estimate of drug-likeness (QED) is 0.855. The molecule has 0 aromatic heterocycles. The molecule has 2 fully saturated rings. The molecule has 1 amide bonds. The molecule has 2 aliphatic rings. The summed E-state index contributed by atoms with van der Waals surface area (Å²) in [4.78, 5) is 11.9. The fraction of sp³-hybridized carbons (Fsp3) is 0.462. The molecule has 1 aromatic rings. The first-order chi connectivity index (χ1) is 8.16. The number of piperidine rings is 1. The van der Waals surface area contributed by atoms with Gasteiger partial charge in [-0.2, -0.15) is 0 Å². The normalized spacial score (nSPS) is 28.2. The third kappa shape index (κ3) is 2.22. The Morgan fingerprint density at radius 1 is 1.39 bits per heavy atom. The van der Waals surface area contributed by atoms with Crippen LogP contribution < -0.4 is 10.6 Å². The Balaban J connectivity index is 0.00000120. The molecule has 2 atom stereocenters. The Labute approximate surface area is 112 Å². The van der Waals surface area contributed by atoms with Gasteiger partial charge in [0.25, 0.3) is 5.91 Å². The van der Waals surface area contributed by atoms with E-state index in [4.69, 9.17) is 0 Å². The van der Waals surface area contributed by atoms with Crippen LogP contribution in [0.15, 0.2) is 18.2 Å². The predicted molar refractivity (Wildman–Crippen MR) is 69.5 cm³/mol. The summed E-state index contributed by atoms with van der Waals surface area (Å²) in [5, 5.41) is 6.24. The van der Waals surface area contributed by atoms with Gasteiger partial charge in [-0.3, -0.25) is 4.79 Å². The smallest absolute Gasteiger partial charge is 0.251 e. The van der Waals surface area contributed by atoms with E-state index in [0.29, 0.717) is 23.0 Å². The minimum Gasteiger partial charge on any atom is -0.349 e. The van der Waals surface area contributed by atoms with Crippen LogP contribution in [0, 0.1) is 24.6 Å². The SMILES string of the molecule is Cc1ccc(C(=O)NC2C3CNCC32)cc1F.Cl. The summed E-state index contributed by atoms with van der Waals surface area (Å²) in [5.74, 6) is 0.669. The molecule has 1 aromatic carbocycles. The van der Waals surface area contributed by atoms with Crippen molar-refractivity contribution in [2.75, 3.05) is 13.1 Å². The van der Waals surface area contributed by atoms with Gasteiger partial charge in [0, 0.05) is 24.7 Å². The van der Waals surface area contributed by atoms with Crippen LogP contribution in [0.1, 0.15) is 15.9 Å². The first-order valence-corrected chi connectivity index (χ1v) is 5.94. The number of aryl methyl sites for hydroxylation is 1. The molecule has 0 radical (unpaired) electrons. The summed E-state index contributed by atoms with van der Waals surface area (Å²) >= 11 is 0. The van der Waals surface area contributed by atoms with Gasteiger partial charge in [0.2, 0.25) is 0 Å². The Morgan fingerprint density at radius 3 is 2.67 bits per heavy atom. The lowest BCUT2D eigenvalue weighted by Crippen LogP contribution is -2.32. The highest BCUT2D eigenvalue weighted by Crippen LogP contribution is 2.41. The molecule has 1 aliphatic carbocycles. The lowest BCUT2D eigenvalue weighted by molar-refractivity contribution is 0.0946. The van der Waals surface area contributed by atoms with E-state index in [2.05, 4.69) is 10.6 Å². The number of halogens is 2. The van der Waals surface area contributed by atoms with E-state index in [1.54, 1.807) is 19.1 Å². The van der Waals surface area contributed by atoms with Crippen molar-refractivity contribution < 1.29 is 9.18 Å². The number of amides is 1. The summed E-state index contributed by atoms with van der Waals surface area (Å²) in [5.41, 5.74) is 0.972. The summed E-state index contributed by atoms with van der Waals surface area (Å²) in [7, 11) is 0. The molecule has 0 bridgehead atoms. The molecule has 5 heteroatoms. The molecular weight excluding hydrogens is 255 g/mol. The maximum absolute atomic E-state index is 13.3. The zero-order valence-corrected chi connectivity index (χ0v) is 10.9. The number of benzene rings is 1. The van der Waals surface area contributed by atoms with Crippen LogP contribution in [0.2, 0.25) is 0 Å². The Morgan fingerprint density at radius 2 is 2.06 bits per heavy atom. The standard InChI is InChI=1S/C13H15FN2O.ClH/c1-7-2-3-8(4-11(7)14)13(17)16-12-9-5-15-6-10(9)12;/h2-4,9-10,12,15H,5-6H2,1H3,(H,16,17);1H. The van der Waals surface area contributed by atoms with Gasteiger partial charge in [-0.1, -0.05) is 6.07 Å². The lowest BCUT2D eigenvalue weighted by atomic mass is 10.1. The topological polar surface area (TPSA) is 41.1 Å². The Kier molecular flexibility index (Phi) is 3.59. The average Bonchev–Trinajstić information content (AvgIpc) is 2.76. The first-order valence-electron chi connectivity index (χ1n) is 5.94. The molecule has 1 saturated heterocycles. The van der Waals surface area contributed by atoms with Crippen LogP contribution in [0.3, 0.4) is 0 Å². The maximum Gasteiger partial charge on any atom is 0.251 e. The van der Waals surface area contributed by atoms with Gasteiger partial charge in [-0.05, 0) is 36.5 Å². The van der Waals surface area contributed by atoms with Gasteiger partial charge in [0.15, 0.2) is 0 Å². The Hall–Kier alpha value is -1.13. The third-order valence-electron chi connectivity index (χ3n) is 3.82. The van der Waals surface area contributed by atoms with Gasteiger partial charge in [-0.25, -0.2) is 4.39 Å². The molecule has 1 heterocycles. The van der Waals surface area contributed by atoms with Crippen molar-refractivity contribution in [2.24, 2.45) is 11.8 Å². The van der Waals surface area contributed by atoms with Crippen LogP contribution in [0.25, 0.3) is 0 Å². The summed E-state index contributed by atoms with van der Waals surface area (Å²) in [6, 6.07) is 4.90. The highest BCUT2D eigenvalue weighted by Gasteiger charge is 2.53. The number of hydrogen-bond acceptors (Lipinski definition) is 2. The van der Waals surface area contributed by atoms with Crippen molar-refractivity contribution >= 4 is 18.3 Å². The molecule has 2 N–H and O–H groups in total. The average molecular weight is 271 g/mol. The summed E-state index contributed by atoms with van der Waals surface area (Å²) < 4.78 is 13.3. The van der Waals surface area contributed by atoms with E-state index in [0.717, 1.165) is 13.1 Å². The minimum atomic E-state index is -0.324. The fourth-order valence-electron chi connectivity index (χ4n) is 2.60. The molecular formula is C13H16ClFN2O. The molecule has 2 unspecified atom stereocenters. The first kappa shape index (κ1) is 13.3. The van der Waals surface area contributed by atoms with Crippen LogP contribution >= 0.6 is 12.4 Å². The number of carbonyl (C=O) groups is 1. The third-order valence-corrected chi connectivity index (χ3v) is 3.82. The Bertz CT molecular complexity index is 470. The largest absolute Gasteiger partial charge is 0.349 e. The van der Waals surface area contributed by atoms with Gasteiger partial charge in [0.1, 0.15) is 5.82 Å². The number of hydrogen-bond donors (Lipinski definition) is 2. The number of nitrogens with one attached hydrogen (secondary N) is 2. The van der Waals surface area contributed by atoms with Crippen molar-refractivity contribution in [1.82, 2.24) is 10.6 Å². The van der Waals surface area contributed by atoms with Crippen molar-refractivity contribution in [3.63, 3.8) is 0 Å². The van der Waals surface area contributed by atoms with E-state index in [1.807, 2.05) is 0 Å². The van der Waals surface area contributed by atoms with E-state index < -0.39 is 0 Å². The second kappa shape index (κ2) is 4.86. The van der Waals surface area contributed by atoms with Crippen molar-refractivity contribution in [3.8, 4) is 0 Å². The zero-order chi connectivity index (χ0) is 12.0. The second-order valence-electron chi connectivity index (χ2n) is 4.95. The van der Waals surface area contributed by atoms with Crippen molar-refractivity contribution in [2.45, 2.75) is 13.0 Å². The van der Waals surface area contributed by atoms with Crippen molar-refractivity contribution in [1.29, 1.82) is 0 Å². The van der Waals surface area contributed by atoms with Crippen LogP contribution in [0.5, 0.6) is 0 Å². The monoisotopic (exact) mass is 270 g/mol. The number of carbonyl (C=O) groups excluding carboxylic acids is 1. The number of fused-ring (bicyclic) bond motifs is 1. The minimum absolute atomic E-state index is 0. The van der Waals surface area contributed by atoms with Gasteiger partial charge < -0.3 is 10.6 Å². The van der Waals surface area contributed by atoms with Crippen LogP contribution in [-0.4, -0.2) is 25.0 Å². The maximum atomic E-state index is 13.3. The van der Waals surface area contributed by atoms with E-state index >= 15 is 0 Å². The van der Waals surface area contributed by atoms with Gasteiger partial charge in [0.05, 0.1) is 0 Å². The van der Waals surface area contributed by atoms with Crippen LogP contribution in [0.4, 0.5) is 4.39 Å². The van der Waals surface area contributed by atoms with E-state index in [-0.39, 0.29) is 30.2 Å². The second-order valence-corrected chi connectivity index (χ2v) is 4.95. The fourth-order valence-corrected chi connectivity index (χ4v) is 2.60. The lowest BCUT2D eigenvalue weighted by Gasteiger charge is -2.08. The molecule has 0 spiro atoms. The summed E-state index contributed by atoms with van der Waals surface area (Å²) in [6.45, 7) is 3.66. The highest BCUT2D eigenvalue weighted by atomic mass is 35.5. The van der Waals surface area contributed by atoms with Crippen LogP contribution in [-0.2, 0) is 0 Å². The molecule has 1 aliphatic heterocycles. The molecule has 3 nitrogen and oxygen atoms in total. The summed E-state index contributed by atoms with van der Waals surface area (Å²) in [6.07, 6.45) is 0. The predicted octanol–water partition coefficient (Wildman–Crippen LogP) is 1.50. The zero-order valence-electron chi connectivity index (χ0n) is 10.1. The molecule has 18 heavy (non-hydrogen) atoms. The molecule has 3 rings (SSSR count). The van der Waals surface area contributed by atoms with E-state index in [1.165, 1.54) is 6.07 Å². The van der Waals surface area contributed by atoms with Crippen molar-refractivity contribution in [3.05, 3.63) is 35.1 Å². The number of rotatable bonds is 2. The van der Waals surface area contributed by atoms with E-state index in [9.17, 15) is 9.18 Å². The molecule has 1 saturated carbocycles. The van der Waals surface area contributed by atoms with Gasteiger partial charge in [-0.15, -0.1) is 12.4 Å². The van der Waals surface area contributed by atoms with Gasteiger partial charge >= 0.3 is 0 Å².